The van der Waals surface area contributed by atoms with Gasteiger partial charge in [-0.25, -0.2) is 5.43 Å². The fourth-order valence-corrected chi connectivity index (χ4v) is 3.27. The molecule has 0 saturated heterocycles. The standard InChI is InChI=1S/C21H18Br2N2O4/c1-2-27-19-11-15(12-24-25-21(26)18-4-3-9-28-18)10-17(23)20(19)29-13-14-5-7-16(22)8-6-14/h3-12H,2,13H2,1H3,(H,25,26)/b24-12+. The molecule has 1 aromatic heterocycles. The lowest BCUT2D eigenvalue weighted by Gasteiger charge is -2.14. The minimum Gasteiger partial charge on any atom is -0.490 e. The molecule has 0 unspecified atom stereocenters. The van der Waals surface area contributed by atoms with E-state index in [4.69, 9.17) is 13.9 Å². The number of hydrazone groups is 1. The summed E-state index contributed by atoms with van der Waals surface area (Å²) in [5.41, 5.74) is 4.18. The lowest BCUT2D eigenvalue weighted by atomic mass is 10.2. The van der Waals surface area contributed by atoms with Crippen LogP contribution in [0.1, 0.15) is 28.6 Å². The molecule has 8 heteroatoms. The molecule has 0 aliphatic rings. The van der Waals surface area contributed by atoms with Gasteiger partial charge in [-0.1, -0.05) is 28.1 Å². The highest BCUT2D eigenvalue weighted by atomic mass is 79.9. The van der Waals surface area contributed by atoms with Crippen LogP contribution >= 0.6 is 31.9 Å². The molecule has 0 aliphatic carbocycles. The SMILES string of the molecule is CCOc1cc(/C=N/NC(=O)c2ccco2)cc(Br)c1OCc1ccc(Br)cc1. The van der Waals surface area contributed by atoms with Crippen LogP contribution in [0.15, 0.2) is 73.3 Å². The quantitative estimate of drug-likeness (QED) is 0.311. The molecule has 0 aliphatic heterocycles. The molecule has 0 spiro atoms. The topological polar surface area (TPSA) is 73.1 Å². The molecule has 1 amide bonds. The van der Waals surface area contributed by atoms with E-state index in [9.17, 15) is 4.79 Å². The van der Waals surface area contributed by atoms with Crippen LogP contribution in [-0.2, 0) is 6.61 Å². The first-order valence-electron chi connectivity index (χ1n) is 8.77. The zero-order valence-corrected chi connectivity index (χ0v) is 18.7. The lowest BCUT2D eigenvalue weighted by Crippen LogP contribution is -2.16. The van der Waals surface area contributed by atoms with E-state index in [-0.39, 0.29) is 5.76 Å². The normalized spacial score (nSPS) is 10.9. The number of carbonyl (C=O) groups excluding carboxylic acids is 1. The molecule has 1 N–H and O–H groups in total. The third kappa shape index (κ3) is 5.95. The zero-order valence-electron chi connectivity index (χ0n) is 15.5. The second-order valence-electron chi connectivity index (χ2n) is 5.85. The van der Waals surface area contributed by atoms with E-state index >= 15 is 0 Å². The second-order valence-corrected chi connectivity index (χ2v) is 7.62. The monoisotopic (exact) mass is 520 g/mol. The summed E-state index contributed by atoms with van der Waals surface area (Å²) < 4.78 is 18.5. The Hall–Kier alpha value is -2.58. The van der Waals surface area contributed by atoms with Crippen LogP contribution in [0.5, 0.6) is 11.5 Å². The van der Waals surface area contributed by atoms with Crippen LogP contribution in [-0.4, -0.2) is 18.7 Å². The van der Waals surface area contributed by atoms with Gasteiger partial charge in [0.15, 0.2) is 17.3 Å². The Balaban J connectivity index is 1.72. The third-order valence-electron chi connectivity index (χ3n) is 3.75. The lowest BCUT2D eigenvalue weighted by molar-refractivity contribution is 0.0927. The number of hydrogen-bond acceptors (Lipinski definition) is 5. The first-order chi connectivity index (χ1) is 14.1. The molecule has 6 nitrogen and oxygen atoms in total. The molecule has 0 saturated carbocycles. The van der Waals surface area contributed by atoms with Gasteiger partial charge in [-0.2, -0.15) is 5.10 Å². The maximum atomic E-state index is 11.9. The summed E-state index contributed by atoms with van der Waals surface area (Å²) in [4.78, 5) is 11.9. The van der Waals surface area contributed by atoms with E-state index in [0.29, 0.717) is 24.7 Å². The van der Waals surface area contributed by atoms with Gasteiger partial charge in [-0.05, 0) is 70.4 Å². The van der Waals surface area contributed by atoms with Crippen molar-refractivity contribution in [3.63, 3.8) is 0 Å². The van der Waals surface area contributed by atoms with E-state index < -0.39 is 5.91 Å². The summed E-state index contributed by atoms with van der Waals surface area (Å²) in [5, 5.41) is 3.97. The minimum atomic E-state index is -0.426. The van der Waals surface area contributed by atoms with Crippen LogP contribution in [0, 0.1) is 0 Å². The number of nitrogens with zero attached hydrogens (tertiary/aromatic N) is 1. The molecule has 0 atom stereocenters. The van der Waals surface area contributed by atoms with Crippen molar-refractivity contribution in [1.82, 2.24) is 5.43 Å². The average molecular weight is 522 g/mol. The summed E-state index contributed by atoms with van der Waals surface area (Å²) in [7, 11) is 0. The van der Waals surface area contributed by atoms with E-state index in [0.717, 1.165) is 20.1 Å². The van der Waals surface area contributed by atoms with E-state index in [2.05, 4.69) is 42.4 Å². The van der Waals surface area contributed by atoms with E-state index in [1.165, 1.54) is 12.5 Å². The molecule has 3 aromatic rings. The number of carbonyl (C=O) groups is 1. The Labute approximate surface area is 185 Å². The van der Waals surface area contributed by atoms with Gasteiger partial charge in [0.25, 0.3) is 0 Å². The minimum absolute atomic E-state index is 0.190. The summed E-state index contributed by atoms with van der Waals surface area (Å²) in [6.07, 6.45) is 2.95. The van der Waals surface area contributed by atoms with Gasteiger partial charge in [-0.3, -0.25) is 4.79 Å². The molecule has 0 bridgehead atoms. The van der Waals surface area contributed by atoms with Crippen molar-refractivity contribution < 1.29 is 18.7 Å². The van der Waals surface area contributed by atoms with Crippen molar-refractivity contribution >= 4 is 44.0 Å². The van der Waals surface area contributed by atoms with Gasteiger partial charge in [0, 0.05) is 4.47 Å². The summed E-state index contributed by atoms with van der Waals surface area (Å²) >= 11 is 6.95. The second kappa shape index (κ2) is 10.3. The number of amides is 1. The van der Waals surface area contributed by atoms with Crippen molar-refractivity contribution in [2.75, 3.05) is 6.61 Å². The van der Waals surface area contributed by atoms with Crippen LogP contribution in [0.2, 0.25) is 0 Å². The molecular formula is C21H18Br2N2O4. The van der Waals surface area contributed by atoms with Crippen LogP contribution in [0.25, 0.3) is 0 Å². The van der Waals surface area contributed by atoms with Crippen molar-refractivity contribution in [2.24, 2.45) is 5.10 Å². The van der Waals surface area contributed by atoms with E-state index in [1.54, 1.807) is 18.2 Å². The average Bonchev–Trinajstić information content (AvgIpc) is 3.24. The first-order valence-corrected chi connectivity index (χ1v) is 10.4. The Morgan fingerprint density at radius 2 is 1.97 bits per heavy atom. The maximum Gasteiger partial charge on any atom is 0.307 e. The highest BCUT2D eigenvalue weighted by Gasteiger charge is 2.13. The Kier molecular flexibility index (Phi) is 7.48. The van der Waals surface area contributed by atoms with Crippen molar-refractivity contribution in [1.29, 1.82) is 0 Å². The largest absolute Gasteiger partial charge is 0.490 e. The Morgan fingerprint density at radius 1 is 1.17 bits per heavy atom. The number of benzene rings is 2. The summed E-state index contributed by atoms with van der Waals surface area (Å²) in [5.74, 6) is 0.948. The van der Waals surface area contributed by atoms with E-state index in [1.807, 2.05) is 37.3 Å². The first kappa shape index (κ1) is 21.1. The van der Waals surface area contributed by atoms with Crippen LogP contribution in [0.4, 0.5) is 0 Å². The number of nitrogens with one attached hydrogen (secondary N) is 1. The molecule has 0 fully saturated rings. The summed E-state index contributed by atoms with van der Waals surface area (Å²) in [6, 6.07) is 14.7. The highest BCUT2D eigenvalue weighted by Crippen LogP contribution is 2.37. The summed E-state index contributed by atoms with van der Waals surface area (Å²) in [6.45, 7) is 2.78. The molecule has 150 valence electrons. The molecule has 3 rings (SSSR count). The molecule has 29 heavy (non-hydrogen) atoms. The predicted octanol–water partition coefficient (Wildman–Crippen LogP) is 5.55. The van der Waals surface area contributed by atoms with Gasteiger partial charge in [0.2, 0.25) is 0 Å². The van der Waals surface area contributed by atoms with Gasteiger partial charge in [0.05, 0.1) is 23.6 Å². The number of ether oxygens (including phenoxy) is 2. The predicted molar refractivity (Wildman–Crippen MR) is 118 cm³/mol. The molecule has 2 aromatic carbocycles. The zero-order chi connectivity index (χ0) is 20.6. The van der Waals surface area contributed by atoms with Crippen LogP contribution < -0.4 is 14.9 Å². The smallest absolute Gasteiger partial charge is 0.307 e. The van der Waals surface area contributed by atoms with Crippen molar-refractivity contribution in [3.8, 4) is 11.5 Å². The molecular weight excluding hydrogens is 504 g/mol. The fourth-order valence-electron chi connectivity index (χ4n) is 2.43. The Morgan fingerprint density at radius 3 is 2.66 bits per heavy atom. The third-order valence-corrected chi connectivity index (χ3v) is 4.87. The fraction of sp³-hybridized carbons (Fsp3) is 0.143. The number of hydrogen-bond donors (Lipinski definition) is 1. The molecule has 0 radical (unpaired) electrons. The van der Waals surface area contributed by atoms with Crippen molar-refractivity contribution in [2.45, 2.75) is 13.5 Å². The molecule has 1 heterocycles. The Bertz CT molecular complexity index is 987. The number of halogens is 2. The van der Waals surface area contributed by atoms with Gasteiger partial charge in [0.1, 0.15) is 6.61 Å². The van der Waals surface area contributed by atoms with Gasteiger partial charge < -0.3 is 13.9 Å². The number of rotatable bonds is 8. The van der Waals surface area contributed by atoms with Crippen molar-refractivity contribution in [3.05, 3.63) is 80.6 Å². The van der Waals surface area contributed by atoms with Gasteiger partial charge >= 0.3 is 5.91 Å². The van der Waals surface area contributed by atoms with Crippen LogP contribution in [0.3, 0.4) is 0 Å². The van der Waals surface area contributed by atoms with Gasteiger partial charge in [-0.15, -0.1) is 0 Å². The number of furan rings is 1. The highest BCUT2D eigenvalue weighted by molar-refractivity contribution is 9.10. The maximum absolute atomic E-state index is 11.9.